The summed E-state index contributed by atoms with van der Waals surface area (Å²) < 4.78 is 5.62. The molecule has 0 saturated heterocycles. The summed E-state index contributed by atoms with van der Waals surface area (Å²) in [6, 6.07) is 4.37. The first-order valence-electron chi connectivity index (χ1n) is 5.14. The first-order chi connectivity index (χ1) is 6.70. The second-order valence-corrected chi connectivity index (χ2v) is 4.13. The highest BCUT2D eigenvalue weighted by molar-refractivity contribution is 5.49. The van der Waals surface area contributed by atoms with Crippen LogP contribution in [0.4, 0.5) is 0 Å². The van der Waals surface area contributed by atoms with Crippen LogP contribution in [0.5, 0.6) is 5.75 Å². The number of aryl methyl sites for hydroxylation is 1. The number of rotatable bonds is 1. The van der Waals surface area contributed by atoms with Crippen molar-refractivity contribution in [2.75, 3.05) is 0 Å². The largest absolute Gasteiger partial charge is 0.465 e. The molecule has 14 heavy (non-hydrogen) atoms. The van der Waals surface area contributed by atoms with Crippen molar-refractivity contribution in [1.29, 1.82) is 0 Å². The number of fused-ring (bicyclic) bond motifs is 1. The van der Waals surface area contributed by atoms with Gasteiger partial charge in [0.05, 0.1) is 6.26 Å². The number of ether oxygens (including phenoxy) is 1. The molecule has 1 heterocycles. The fourth-order valence-electron chi connectivity index (χ4n) is 1.87. The Morgan fingerprint density at radius 1 is 1.29 bits per heavy atom. The normalized spacial score (nSPS) is 14.0. The van der Waals surface area contributed by atoms with E-state index in [-0.39, 0.29) is 0 Å². The molecule has 0 amide bonds. The van der Waals surface area contributed by atoms with Crippen molar-refractivity contribution in [2.45, 2.75) is 33.1 Å². The van der Waals surface area contributed by atoms with Crippen molar-refractivity contribution in [2.24, 2.45) is 0 Å². The zero-order valence-electron chi connectivity index (χ0n) is 9.00. The van der Waals surface area contributed by atoms with E-state index in [0.29, 0.717) is 5.92 Å². The Bertz CT molecular complexity index is 375. The van der Waals surface area contributed by atoms with E-state index in [1.165, 1.54) is 16.7 Å². The predicted molar refractivity (Wildman–Crippen MR) is 58.7 cm³/mol. The van der Waals surface area contributed by atoms with Gasteiger partial charge in [0.25, 0.3) is 0 Å². The molecule has 0 radical (unpaired) electrons. The van der Waals surface area contributed by atoms with Crippen molar-refractivity contribution in [1.82, 2.24) is 0 Å². The first-order valence-corrected chi connectivity index (χ1v) is 5.14. The van der Waals surface area contributed by atoms with Crippen LogP contribution >= 0.6 is 0 Å². The van der Waals surface area contributed by atoms with E-state index in [1.54, 1.807) is 6.26 Å². The molecule has 1 aromatic rings. The zero-order chi connectivity index (χ0) is 10.1. The molecule has 0 aromatic heterocycles. The summed E-state index contributed by atoms with van der Waals surface area (Å²) in [7, 11) is 0. The minimum Gasteiger partial charge on any atom is -0.465 e. The Balaban J connectivity index is 2.57. The molecule has 0 N–H and O–H groups in total. The predicted octanol–water partition coefficient (Wildman–Crippen LogP) is 3.57. The third-order valence-electron chi connectivity index (χ3n) is 2.75. The Hall–Kier alpha value is -1.24. The SMILES string of the molecule is Cc1ccc(C(C)C)c2c1CC=CO2. The lowest BCUT2D eigenvalue weighted by Gasteiger charge is -2.20. The van der Waals surface area contributed by atoms with Gasteiger partial charge in [0.2, 0.25) is 0 Å². The zero-order valence-corrected chi connectivity index (χ0v) is 9.00. The highest BCUT2D eigenvalue weighted by Crippen LogP contribution is 2.34. The van der Waals surface area contributed by atoms with Crippen LogP contribution in [0, 0.1) is 6.92 Å². The minimum absolute atomic E-state index is 0.524. The topological polar surface area (TPSA) is 9.23 Å². The van der Waals surface area contributed by atoms with Gasteiger partial charge in [-0.15, -0.1) is 0 Å². The van der Waals surface area contributed by atoms with Crippen molar-refractivity contribution < 1.29 is 4.74 Å². The van der Waals surface area contributed by atoms with Crippen LogP contribution in [0.1, 0.15) is 36.5 Å². The van der Waals surface area contributed by atoms with Crippen LogP contribution in [0.25, 0.3) is 0 Å². The summed E-state index contributed by atoms with van der Waals surface area (Å²) >= 11 is 0. The van der Waals surface area contributed by atoms with Crippen molar-refractivity contribution in [3.8, 4) is 5.75 Å². The van der Waals surface area contributed by atoms with Gasteiger partial charge in [0.15, 0.2) is 0 Å². The Labute approximate surface area is 85.4 Å². The molecule has 74 valence electrons. The van der Waals surface area contributed by atoms with Gasteiger partial charge in [-0.25, -0.2) is 0 Å². The van der Waals surface area contributed by atoms with Gasteiger partial charge < -0.3 is 4.74 Å². The van der Waals surface area contributed by atoms with Crippen LogP contribution < -0.4 is 4.74 Å². The smallest absolute Gasteiger partial charge is 0.133 e. The summed E-state index contributed by atoms with van der Waals surface area (Å²) in [5, 5.41) is 0. The van der Waals surface area contributed by atoms with E-state index in [4.69, 9.17) is 4.74 Å². The van der Waals surface area contributed by atoms with Crippen molar-refractivity contribution in [3.05, 3.63) is 41.2 Å². The molecule has 0 bridgehead atoms. The molecule has 0 unspecified atom stereocenters. The van der Waals surface area contributed by atoms with E-state index in [9.17, 15) is 0 Å². The van der Waals surface area contributed by atoms with Gasteiger partial charge in [-0.3, -0.25) is 0 Å². The van der Waals surface area contributed by atoms with E-state index in [1.807, 2.05) is 0 Å². The maximum Gasteiger partial charge on any atom is 0.133 e. The second-order valence-electron chi connectivity index (χ2n) is 4.13. The van der Waals surface area contributed by atoms with E-state index in [0.717, 1.165) is 12.2 Å². The van der Waals surface area contributed by atoms with Crippen LogP contribution in [0.15, 0.2) is 24.5 Å². The van der Waals surface area contributed by atoms with Crippen molar-refractivity contribution >= 4 is 0 Å². The Morgan fingerprint density at radius 3 is 2.79 bits per heavy atom. The quantitative estimate of drug-likeness (QED) is 0.654. The first kappa shape index (κ1) is 9.32. The average molecular weight is 188 g/mol. The van der Waals surface area contributed by atoms with Crippen LogP contribution in [-0.2, 0) is 6.42 Å². The molecule has 2 rings (SSSR count). The molecule has 0 atom stereocenters. The molecule has 1 aliphatic heterocycles. The van der Waals surface area contributed by atoms with Crippen LogP contribution in [0.2, 0.25) is 0 Å². The van der Waals surface area contributed by atoms with Gasteiger partial charge in [-0.1, -0.05) is 26.0 Å². The van der Waals surface area contributed by atoms with Gasteiger partial charge in [0.1, 0.15) is 5.75 Å². The molecule has 0 spiro atoms. The lowest BCUT2D eigenvalue weighted by molar-refractivity contribution is 0.454. The van der Waals surface area contributed by atoms with E-state index < -0.39 is 0 Å². The molecule has 1 aromatic carbocycles. The fraction of sp³-hybridized carbons (Fsp3) is 0.385. The standard InChI is InChI=1S/C13H16O/c1-9(2)11-7-6-10(3)12-5-4-8-14-13(11)12/h4,6-9H,5H2,1-3H3. The monoisotopic (exact) mass is 188 g/mol. The minimum atomic E-state index is 0.524. The summed E-state index contributed by atoms with van der Waals surface area (Å²) in [4.78, 5) is 0. The highest BCUT2D eigenvalue weighted by Gasteiger charge is 2.15. The molecule has 0 saturated carbocycles. The van der Waals surface area contributed by atoms with Crippen LogP contribution in [0.3, 0.4) is 0 Å². The molecular formula is C13H16O. The summed E-state index contributed by atoms with van der Waals surface area (Å²) in [6.07, 6.45) is 4.87. The third kappa shape index (κ3) is 1.43. The Morgan fingerprint density at radius 2 is 2.07 bits per heavy atom. The summed E-state index contributed by atoms with van der Waals surface area (Å²) in [6.45, 7) is 6.55. The fourth-order valence-corrected chi connectivity index (χ4v) is 1.87. The average Bonchev–Trinajstić information content (AvgIpc) is 2.18. The molecule has 0 fully saturated rings. The van der Waals surface area contributed by atoms with E-state index >= 15 is 0 Å². The lowest BCUT2D eigenvalue weighted by Crippen LogP contribution is -2.03. The lowest BCUT2D eigenvalue weighted by atomic mass is 9.94. The van der Waals surface area contributed by atoms with Gasteiger partial charge in [0, 0.05) is 5.56 Å². The highest BCUT2D eigenvalue weighted by atomic mass is 16.5. The van der Waals surface area contributed by atoms with Crippen LogP contribution in [-0.4, -0.2) is 0 Å². The number of hydrogen-bond donors (Lipinski definition) is 0. The second kappa shape index (κ2) is 3.49. The van der Waals surface area contributed by atoms with Gasteiger partial charge in [-0.05, 0) is 36.5 Å². The molecule has 1 heteroatoms. The van der Waals surface area contributed by atoms with Gasteiger partial charge in [-0.2, -0.15) is 0 Å². The Kier molecular flexibility index (Phi) is 2.32. The third-order valence-corrected chi connectivity index (χ3v) is 2.75. The molecule has 1 aliphatic rings. The van der Waals surface area contributed by atoms with Crippen molar-refractivity contribution in [3.63, 3.8) is 0 Å². The molecule has 1 nitrogen and oxygen atoms in total. The number of allylic oxidation sites excluding steroid dienone is 1. The number of hydrogen-bond acceptors (Lipinski definition) is 1. The molecular weight excluding hydrogens is 172 g/mol. The number of benzene rings is 1. The van der Waals surface area contributed by atoms with E-state index in [2.05, 4.69) is 39.0 Å². The summed E-state index contributed by atoms with van der Waals surface area (Å²) in [5.74, 6) is 1.61. The maximum atomic E-state index is 5.62. The maximum absolute atomic E-state index is 5.62. The summed E-state index contributed by atoms with van der Waals surface area (Å²) in [5.41, 5.74) is 3.99. The van der Waals surface area contributed by atoms with Gasteiger partial charge >= 0.3 is 0 Å². The molecule has 0 aliphatic carbocycles.